The molecular formula is C17H24O4. The van der Waals surface area contributed by atoms with Gasteiger partial charge in [0, 0.05) is 0 Å². The van der Waals surface area contributed by atoms with Crippen LogP contribution >= 0.6 is 0 Å². The number of aliphatic carboxylic acids is 1. The Kier molecular flexibility index (Phi) is 6.40. The third kappa shape index (κ3) is 7.49. The van der Waals surface area contributed by atoms with Crippen molar-refractivity contribution in [3.63, 3.8) is 0 Å². The molecule has 0 spiro atoms. The van der Waals surface area contributed by atoms with E-state index in [1.165, 1.54) is 5.56 Å². The van der Waals surface area contributed by atoms with Crippen molar-refractivity contribution >= 4 is 11.9 Å². The molecule has 0 saturated carbocycles. The normalized spacial score (nSPS) is 12.7. The van der Waals surface area contributed by atoms with Crippen molar-refractivity contribution in [2.75, 3.05) is 0 Å². The number of benzene rings is 1. The zero-order chi connectivity index (χ0) is 15.9. The minimum atomic E-state index is -0.936. The second kappa shape index (κ2) is 7.81. The number of hydrogen-bond acceptors (Lipinski definition) is 3. The maximum atomic E-state index is 11.7. The van der Waals surface area contributed by atoms with Crippen LogP contribution in [0.3, 0.4) is 0 Å². The van der Waals surface area contributed by atoms with Crippen molar-refractivity contribution in [3.8, 4) is 0 Å². The predicted molar refractivity (Wildman–Crippen MR) is 81.0 cm³/mol. The van der Waals surface area contributed by atoms with Gasteiger partial charge in [0.05, 0.1) is 12.3 Å². The van der Waals surface area contributed by atoms with E-state index in [-0.39, 0.29) is 6.42 Å². The maximum absolute atomic E-state index is 11.7. The molecule has 0 radical (unpaired) electrons. The Morgan fingerprint density at radius 1 is 1.19 bits per heavy atom. The van der Waals surface area contributed by atoms with E-state index in [0.29, 0.717) is 6.42 Å². The van der Waals surface area contributed by atoms with Crippen molar-refractivity contribution < 1.29 is 19.4 Å². The van der Waals surface area contributed by atoms with E-state index >= 15 is 0 Å². The van der Waals surface area contributed by atoms with E-state index < -0.39 is 23.5 Å². The lowest BCUT2D eigenvalue weighted by molar-refractivity contribution is -0.160. The molecule has 1 N–H and O–H groups in total. The number of aryl methyl sites for hydroxylation is 1. The second-order valence-corrected chi connectivity index (χ2v) is 6.20. The van der Waals surface area contributed by atoms with Crippen molar-refractivity contribution in [2.45, 2.75) is 52.1 Å². The number of rotatable bonds is 7. The zero-order valence-electron chi connectivity index (χ0n) is 13.0. The summed E-state index contributed by atoms with van der Waals surface area (Å²) >= 11 is 0. The first kappa shape index (κ1) is 17.2. The first-order chi connectivity index (χ1) is 9.78. The number of carbonyl (C=O) groups excluding carboxylic acids is 1. The topological polar surface area (TPSA) is 63.6 Å². The molecule has 1 aromatic rings. The van der Waals surface area contributed by atoms with Crippen LogP contribution in [0.15, 0.2) is 30.3 Å². The minimum Gasteiger partial charge on any atom is -0.481 e. The molecule has 1 aromatic carbocycles. The molecular weight excluding hydrogens is 268 g/mol. The summed E-state index contributed by atoms with van der Waals surface area (Å²) < 4.78 is 5.18. The van der Waals surface area contributed by atoms with E-state index in [1.807, 2.05) is 30.3 Å². The van der Waals surface area contributed by atoms with Crippen LogP contribution in [0.4, 0.5) is 0 Å². The van der Waals surface area contributed by atoms with Crippen LogP contribution in [0.1, 0.15) is 45.6 Å². The van der Waals surface area contributed by atoms with Crippen molar-refractivity contribution in [1.29, 1.82) is 0 Å². The van der Waals surface area contributed by atoms with Crippen molar-refractivity contribution in [3.05, 3.63) is 35.9 Å². The van der Waals surface area contributed by atoms with Crippen molar-refractivity contribution in [1.82, 2.24) is 0 Å². The zero-order valence-corrected chi connectivity index (χ0v) is 13.0. The quantitative estimate of drug-likeness (QED) is 0.782. The minimum absolute atomic E-state index is 0.0681. The van der Waals surface area contributed by atoms with Gasteiger partial charge in [0.25, 0.3) is 0 Å². The molecule has 0 bridgehead atoms. The van der Waals surface area contributed by atoms with Crippen LogP contribution in [-0.2, 0) is 20.7 Å². The van der Waals surface area contributed by atoms with Crippen LogP contribution in [0.2, 0.25) is 0 Å². The van der Waals surface area contributed by atoms with Crippen LogP contribution in [0.5, 0.6) is 0 Å². The average molecular weight is 292 g/mol. The Balaban J connectivity index is 2.43. The number of esters is 1. The Hall–Kier alpha value is -1.84. The largest absolute Gasteiger partial charge is 0.481 e. The van der Waals surface area contributed by atoms with Crippen molar-refractivity contribution in [2.24, 2.45) is 5.92 Å². The van der Waals surface area contributed by atoms with Gasteiger partial charge in [0.2, 0.25) is 0 Å². The standard InChI is InChI=1S/C17H24O4/c1-17(2,3)21-15(18)12-14(16(19)20)11-7-10-13-8-5-4-6-9-13/h4-6,8-9,14H,7,10-12H2,1-3H3,(H,19,20)/t14-/m0/s1. The van der Waals surface area contributed by atoms with E-state index in [1.54, 1.807) is 20.8 Å². The molecule has 1 atom stereocenters. The lowest BCUT2D eigenvalue weighted by atomic mass is 9.96. The van der Waals surface area contributed by atoms with Gasteiger partial charge in [-0.05, 0) is 45.6 Å². The third-order valence-electron chi connectivity index (χ3n) is 3.04. The summed E-state index contributed by atoms with van der Waals surface area (Å²) in [5, 5.41) is 9.21. The molecule has 0 fully saturated rings. The molecule has 0 saturated heterocycles. The lowest BCUT2D eigenvalue weighted by Crippen LogP contribution is -2.27. The highest BCUT2D eigenvalue weighted by atomic mass is 16.6. The number of carbonyl (C=O) groups is 2. The molecule has 0 amide bonds. The predicted octanol–water partition coefficient (Wildman–Crippen LogP) is 3.44. The highest BCUT2D eigenvalue weighted by Gasteiger charge is 2.24. The van der Waals surface area contributed by atoms with E-state index in [0.717, 1.165) is 12.8 Å². The summed E-state index contributed by atoms with van der Waals surface area (Å²) in [6.07, 6.45) is 1.97. The fraction of sp³-hybridized carbons (Fsp3) is 0.529. The smallest absolute Gasteiger partial charge is 0.307 e. The molecule has 0 heterocycles. The van der Waals surface area contributed by atoms with Crippen LogP contribution in [0, 0.1) is 5.92 Å². The Bertz CT molecular complexity index is 459. The van der Waals surface area contributed by atoms with Gasteiger partial charge in [0.15, 0.2) is 0 Å². The molecule has 4 nitrogen and oxygen atoms in total. The van der Waals surface area contributed by atoms with E-state index in [9.17, 15) is 14.7 Å². The summed E-state index contributed by atoms with van der Waals surface area (Å²) in [4.78, 5) is 23.0. The van der Waals surface area contributed by atoms with Gasteiger partial charge < -0.3 is 9.84 Å². The molecule has 21 heavy (non-hydrogen) atoms. The van der Waals surface area contributed by atoms with E-state index in [2.05, 4.69) is 0 Å². The Morgan fingerprint density at radius 3 is 2.33 bits per heavy atom. The van der Waals surface area contributed by atoms with Crippen LogP contribution in [0.25, 0.3) is 0 Å². The first-order valence-corrected chi connectivity index (χ1v) is 7.26. The lowest BCUT2D eigenvalue weighted by Gasteiger charge is -2.21. The van der Waals surface area contributed by atoms with Gasteiger partial charge in [-0.25, -0.2) is 0 Å². The summed E-state index contributed by atoms with van der Waals surface area (Å²) in [6, 6.07) is 9.91. The molecule has 4 heteroatoms. The first-order valence-electron chi connectivity index (χ1n) is 7.26. The van der Waals surface area contributed by atoms with Crippen LogP contribution in [-0.4, -0.2) is 22.6 Å². The van der Waals surface area contributed by atoms with Gasteiger partial charge >= 0.3 is 11.9 Å². The molecule has 0 unspecified atom stereocenters. The molecule has 0 aliphatic rings. The Labute approximate surface area is 126 Å². The molecule has 0 aliphatic carbocycles. The fourth-order valence-corrected chi connectivity index (χ4v) is 2.09. The van der Waals surface area contributed by atoms with Crippen LogP contribution < -0.4 is 0 Å². The summed E-state index contributed by atoms with van der Waals surface area (Å²) in [5.74, 6) is -2.06. The van der Waals surface area contributed by atoms with Gasteiger partial charge in [-0.2, -0.15) is 0 Å². The SMILES string of the molecule is CC(C)(C)OC(=O)C[C@H](CCCc1ccccc1)C(=O)O. The van der Waals surface area contributed by atoms with E-state index in [4.69, 9.17) is 4.74 Å². The molecule has 0 aromatic heterocycles. The summed E-state index contributed by atoms with van der Waals surface area (Å²) in [7, 11) is 0. The molecule has 116 valence electrons. The monoisotopic (exact) mass is 292 g/mol. The highest BCUT2D eigenvalue weighted by molar-refractivity contribution is 5.78. The number of ether oxygens (including phenoxy) is 1. The second-order valence-electron chi connectivity index (χ2n) is 6.20. The van der Waals surface area contributed by atoms with Gasteiger partial charge in [-0.3, -0.25) is 9.59 Å². The summed E-state index contributed by atoms with van der Waals surface area (Å²) in [6.45, 7) is 5.32. The van der Waals surface area contributed by atoms with Gasteiger partial charge in [-0.1, -0.05) is 30.3 Å². The molecule has 0 aliphatic heterocycles. The highest BCUT2D eigenvalue weighted by Crippen LogP contribution is 2.17. The van der Waals surface area contributed by atoms with Gasteiger partial charge in [-0.15, -0.1) is 0 Å². The Morgan fingerprint density at radius 2 is 1.81 bits per heavy atom. The maximum Gasteiger partial charge on any atom is 0.307 e. The fourth-order valence-electron chi connectivity index (χ4n) is 2.09. The number of carboxylic acid groups (broad SMARTS) is 1. The molecule has 1 rings (SSSR count). The van der Waals surface area contributed by atoms with Gasteiger partial charge in [0.1, 0.15) is 5.60 Å². The summed E-state index contributed by atoms with van der Waals surface area (Å²) in [5.41, 5.74) is 0.600. The number of hydrogen-bond donors (Lipinski definition) is 1. The number of carboxylic acids is 1. The average Bonchev–Trinajstić information content (AvgIpc) is 2.36. The third-order valence-corrected chi connectivity index (χ3v) is 3.04.